The minimum atomic E-state index is -1.14. The molecule has 0 aromatic heterocycles. The van der Waals surface area contributed by atoms with Crippen molar-refractivity contribution < 1.29 is 28.9 Å². The van der Waals surface area contributed by atoms with Crippen molar-refractivity contribution in [1.82, 2.24) is 0 Å². The van der Waals surface area contributed by atoms with Crippen LogP contribution in [-0.4, -0.2) is 42.2 Å². The molecule has 0 amide bonds. The molecule has 4 aliphatic rings. The van der Waals surface area contributed by atoms with Crippen LogP contribution in [0, 0.1) is 34.5 Å². The molecule has 4 rings (SSSR count). The van der Waals surface area contributed by atoms with Crippen LogP contribution in [0.15, 0.2) is 11.6 Å². The summed E-state index contributed by atoms with van der Waals surface area (Å²) in [5, 5.41) is 11.3. The number of hydrogen-bond acceptors (Lipinski definition) is 5. The van der Waals surface area contributed by atoms with Gasteiger partial charge in [0.1, 0.15) is 12.8 Å². The number of fused-ring (bicyclic) bond motifs is 5. The lowest BCUT2D eigenvalue weighted by atomic mass is 9.45. The van der Waals surface area contributed by atoms with Crippen LogP contribution in [0.1, 0.15) is 72.1 Å². The van der Waals surface area contributed by atoms with Gasteiger partial charge in [-0.3, -0.25) is 9.59 Å². The zero-order valence-corrected chi connectivity index (χ0v) is 19.1. The van der Waals surface area contributed by atoms with Gasteiger partial charge >= 0.3 is 0 Å². The summed E-state index contributed by atoms with van der Waals surface area (Å²) in [6, 6.07) is 0. The van der Waals surface area contributed by atoms with Crippen LogP contribution in [0.25, 0.3) is 0 Å². The average molecular weight is 437 g/mol. The molecule has 0 aromatic carbocycles. The third-order valence-corrected chi connectivity index (χ3v) is 9.12. The molecule has 0 spiro atoms. The number of aliphatic hydroxyl groups is 1. The van der Waals surface area contributed by atoms with E-state index in [1.54, 1.807) is 0 Å². The van der Waals surface area contributed by atoms with Gasteiger partial charge in [-0.2, -0.15) is 0 Å². The predicted octanol–water partition coefficient (Wildman–Crippen LogP) is 4.37. The molecule has 5 nitrogen and oxygen atoms in total. The lowest BCUT2D eigenvalue weighted by molar-refractivity contribution is -0.290. The second-order valence-corrected chi connectivity index (χ2v) is 10.8. The Morgan fingerprint density at radius 3 is 2.81 bits per heavy atom. The van der Waals surface area contributed by atoms with E-state index in [-0.39, 0.29) is 47.3 Å². The number of alkyl halides is 1. The zero-order chi connectivity index (χ0) is 22.4. The average Bonchev–Trinajstić information content (AvgIpc) is 3.05. The molecule has 0 aliphatic heterocycles. The second kappa shape index (κ2) is 8.68. The fourth-order valence-corrected chi connectivity index (χ4v) is 7.68. The highest BCUT2D eigenvalue weighted by Gasteiger charge is 2.64. The Kier molecular flexibility index (Phi) is 6.46. The number of carbonyl (C=O) groups excluding carboxylic acids is 2. The highest BCUT2D eigenvalue weighted by molar-refractivity contribution is 5.92. The lowest BCUT2D eigenvalue weighted by Crippen LogP contribution is -2.59. The van der Waals surface area contributed by atoms with Crippen molar-refractivity contribution in [2.24, 2.45) is 34.5 Å². The Hall–Kier alpha value is -1.11. The Labute approximate surface area is 184 Å². The van der Waals surface area contributed by atoms with E-state index in [2.05, 4.69) is 13.8 Å². The van der Waals surface area contributed by atoms with Crippen molar-refractivity contribution in [3.63, 3.8) is 0 Å². The number of aliphatic hydroxyl groups excluding tert-OH is 1. The maximum atomic E-state index is 15.3. The maximum Gasteiger partial charge on any atom is 0.165 e. The van der Waals surface area contributed by atoms with E-state index in [0.717, 1.165) is 25.7 Å². The fraction of sp³-hybridized carbons (Fsp3) is 0.840. The maximum absolute atomic E-state index is 15.3. The van der Waals surface area contributed by atoms with Crippen molar-refractivity contribution in [2.75, 3.05) is 13.2 Å². The third-order valence-electron chi connectivity index (χ3n) is 9.12. The normalized spacial score (nSPS) is 44.3. The monoisotopic (exact) mass is 436 g/mol. The van der Waals surface area contributed by atoms with Crippen molar-refractivity contribution in [2.45, 2.75) is 84.4 Å². The smallest absolute Gasteiger partial charge is 0.165 e. The highest BCUT2D eigenvalue weighted by atomic mass is 19.1. The third kappa shape index (κ3) is 3.83. The van der Waals surface area contributed by atoms with Crippen LogP contribution >= 0.6 is 0 Å². The molecule has 6 heteroatoms. The van der Waals surface area contributed by atoms with E-state index in [1.807, 2.05) is 6.92 Å². The summed E-state index contributed by atoms with van der Waals surface area (Å²) in [7, 11) is 0. The molecule has 1 N–H and O–H groups in total. The van der Waals surface area contributed by atoms with E-state index < -0.39 is 17.7 Å². The molecule has 3 saturated carbocycles. The van der Waals surface area contributed by atoms with Gasteiger partial charge in [0.05, 0.1) is 12.7 Å². The van der Waals surface area contributed by atoms with Crippen LogP contribution in [0.5, 0.6) is 0 Å². The lowest BCUT2D eigenvalue weighted by Gasteiger charge is -2.60. The van der Waals surface area contributed by atoms with Crippen LogP contribution in [0.4, 0.5) is 4.39 Å². The van der Waals surface area contributed by atoms with Crippen molar-refractivity contribution in [3.8, 4) is 0 Å². The highest BCUT2D eigenvalue weighted by Crippen LogP contribution is 2.67. The minimum Gasteiger partial charge on any atom is -0.393 e. The van der Waals surface area contributed by atoms with Crippen LogP contribution < -0.4 is 0 Å². The molecule has 0 aromatic rings. The molecule has 0 saturated heterocycles. The number of hydrogen-bond donors (Lipinski definition) is 1. The van der Waals surface area contributed by atoms with Gasteiger partial charge in [0.15, 0.2) is 11.6 Å². The first-order chi connectivity index (χ1) is 14.7. The predicted molar refractivity (Wildman–Crippen MR) is 114 cm³/mol. The standard InChI is InChI=1S/C25H37FO5/c1-4-5-10-30-31-14-22(29)18-7-6-17-16-12-20(26)19-11-15(27)8-9-24(19,2)23(16)21(28)13-25(17,18)3/h11,16-18,20-21,23,28H,4-10,12-14H2,1-3H3/t16-,17-,18+,20-,21-,23+,24-,25-/m0/s1. The van der Waals surface area contributed by atoms with Crippen LogP contribution in [0.2, 0.25) is 0 Å². The second-order valence-electron chi connectivity index (χ2n) is 10.8. The summed E-state index contributed by atoms with van der Waals surface area (Å²) in [4.78, 5) is 35.3. The Morgan fingerprint density at radius 2 is 2.06 bits per heavy atom. The van der Waals surface area contributed by atoms with Gasteiger partial charge in [0.25, 0.3) is 0 Å². The summed E-state index contributed by atoms with van der Waals surface area (Å²) >= 11 is 0. The topological polar surface area (TPSA) is 72.8 Å². The van der Waals surface area contributed by atoms with E-state index in [0.29, 0.717) is 37.9 Å². The molecule has 0 heterocycles. The summed E-state index contributed by atoms with van der Waals surface area (Å²) in [6.45, 7) is 6.62. The molecular formula is C25H37FO5. The van der Waals surface area contributed by atoms with Gasteiger partial charge in [0.2, 0.25) is 0 Å². The van der Waals surface area contributed by atoms with E-state index >= 15 is 4.39 Å². The van der Waals surface area contributed by atoms with Gasteiger partial charge in [-0.05, 0) is 78.8 Å². The molecule has 8 atom stereocenters. The number of carbonyl (C=O) groups is 2. The summed E-state index contributed by atoms with van der Waals surface area (Å²) in [5.74, 6) is -0.00651. The van der Waals surface area contributed by atoms with Crippen molar-refractivity contribution >= 4 is 11.6 Å². The van der Waals surface area contributed by atoms with E-state index in [4.69, 9.17) is 9.78 Å². The van der Waals surface area contributed by atoms with E-state index in [1.165, 1.54) is 6.08 Å². The van der Waals surface area contributed by atoms with Gasteiger partial charge in [-0.1, -0.05) is 27.2 Å². The molecule has 0 bridgehead atoms. The number of ketones is 2. The van der Waals surface area contributed by atoms with E-state index in [9.17, 15) is 14.7 Å². The fourth-order valence-electron chi connectivity index (χ4n) is 7.68. The van der Waals surface area contributed by atoms with Crippen molar-refractivity contribution in [1.29, 1.82) is 0 Å². The van der Waals surface area contributed by atoms with Gasteiger partial charge < -0.3 is 5.11 Å². The molecule has 4 aliphatic carbocycles. The molecular weight excluding hydrogens is 399 g/mol. The number of Topliss-reactive ketones (excluding diaryl/α,β-unsaturated/α-hetero) is 1. The number of allylic oxidation sites excluding steroid dienone is 1. The molecule has 3 fully saturated rings. The van der Waals surface area contributed by atoms with Gasteiger partial charge in [0, 0.05) is 12.3 Å². The summed E-state index contributed by atoms with van der Waals surface area (Å²) in [6.07, 6.45) is 5.19. The van der Waals surface area contributed by atoms with Crippen molar-refractivity contribution in [3.05, 3.63) is 11.6 Å². The number of unbranched alkanes of at least 4 members (excludes halogenated alkanes) is 1. The molecule has 0 unspecified atom stereocenters. The van der Waals surface area contributed by atoms with Gasteiger partial charge in [-0.25, -0.2) is 14.2 Å². The first-order valence-electron chi connectivity index (χ1n) is 12.1. The summed E-state index contributed by atoms with van der Waals surface area (Å²) in [5.41, 5.74) is -0.238. The number of halogens is 1. The van der Waals surface area contributed by atoms with Crippen LogP contribution in [0.3, 0.4) is 0 Å². The SMILES string of the molecule is CCCCOOCC(=O)[C@H]1CC[C@H]2[C@@H]3C[C@H](F)C4=CC(=O)CC[C@]4(C)[C@H]3[C@@H](O)C[C@]12C. The zero-order valence-electron chi connectivity index (χ0n) is 19.1. The molecule has 31 heavy (non-hydrogen) atoms. The minimum absolute atomic E-state index is 0.00334. The van der Waals surface area contributed by atoms with Gasteiger partial charge in [-0.15, -0.1) is 0 Å². The largest absolute Gasteiger partial charge is 0.393 e. The molecule has 174 valence electrons. The first-order valence-corrected chi connectivity index (χ1v) is 12.1. The van der Waals surface area contributed by atoms with Crippen LogP contribution in [-0.2, 0) is 19.4 Å². The quantitative estimate of drug-likeness (QED) is 0.364. The molecule has 0 radical (unpaired) electrons. The Balaban J connectivity index is 1.53. The Bertz CT molecular complexity index is 750. The number of rotatable bonds is 7. The summed E-state index contributed by atoms with van der Waals surface area (Å²) < 4.78 is 15.3. The Morgan fingerprint density at radius 1 is 1.29 bits per heavy atom. The first kappa shape index (κ1) is 23.1.